The van der Waals surface area contributed by atoms with Crippen molar-refractivity contribution in [2.75, 3.05) is 19.8 Å². The molecular weight excluding hydrogens is 296 g/mol. The molecule has 132 valence electrons. The topological polar surface area (TPSA) is 68.8 Å². The number of hydroxylamine groups is 1. The number of nitrogens with one attached hydrogen (secondary N) is 2. The van der Waals surface area contributed by atoms with E-state index in [2.05, 4.69) is 10.8 Å². The van der Waals surface area contributed by atoms with Crippen LogP contribution in [0.4, 0.5) is 0 Å². The maximum Gasteiger partial charge on any atom is 0.226 e. The Morgan fingerprint density at radius 3 is 2.70 bits per heavy atom. The summed E-state index contributed by atoms with van der Waals surface area (Å²) in [6.07, 6.45) is 6.11. The molecule has 0 heterocycles. The van der Waals surface area contributed by atoms with Gasteiger partial charge in [-0.05, 0) is 52.7 Å². The lowest BCUT2D eigenvalue weighted by Gasteiger charge is -2.17. The van der Waals surface area contributed by atoms with Gasteiger partial charge >= 0.3 is 0 Å². The largest absolute Gasteiger partial charge is 0.491 e. The second-order valence-electron chi connectivity index (χ2n) is 6.01. The van der Waals surface area contributed by atoms with E-state index < -0.39 is 0 Å². The van der Waals surface area contributed by atoms with Crippen molar-refractivity contribution >= 4 is 5.91 Å². The lowest BCUT2D eigenvalue weighted by molar-refractivity contribution is -0.121. The van der Waals surface area contributed by atoms with Crippen LogP contribution in [-0.2, 0) is 19.1 Å². The summed E-state index contributed by atoms with van der Waals surface area (Å²) in [5, 5.41) is 2.92. The van der Waals surface area contributed by atoms with Gasteiger partial charge in [0, 0.05) is 11.7 Å². The van der Waals surface area contributed by atoms with Crippen molar-refractivity contribution in [2.45, 2.75) is 59.1 Å². The molecule has 0 bridgehead atoms. The van der Waals surface area contributed by atoms with Crippen molar-refractivity contribution in [1.29, 1.82) is 0 Å². The molecule has 0 unspecified atom stereocenters. The average molecular weight is 326 g/mol. The van der Waals surface area contributed by atoms with Gasteiger partial charge in [-0.1, -0.05) is 0 Å². The molecule has 0 radical (unpaired) electrons. The Morgan fingerprint density at radius 1 is 1.22 bits per heavy atom. The van der Waals surface area contributed by atoms with Crippen molar-refractivity contribution in [3.8, 4) is 0 Å². The Balaban J connectivity index is 2.14. The summed E-state index contributed by atoms with van der Waals surface area (Å²) >= 11 is 0. The first-order valence-corrected chi connectivity index (χ1v) is 8.29. The van der Waals surface area contributed by atoms with Gasteiger partial charge in [-0.3, -0.25) is 9.63 Å². The Kier molecular flexibility index (Phi) is 9.59. The summed E-state index contributed by atoms with van der Waals surface area (Å²) in [6, 6.07) is 0.281. The predicted octanol–water partition coefficient (Wildman–Crippen LogP) is 2.43. The van der Waals surface area contributed by atoms with E-state index in [1.807, 2.05) is 39.8 Å². The molecule has 1 rings (SSSR count). The third kappa shape index (κ3) is 10.1. The predicted molar refractivity (Wildman–Crippen MR) is 89.4 cm³/mol. The minimum atomic E-state index is -0.0386. The van der Waals surface area contributed by atoms with Gasteiger partial charge in [0.1, 0.15) is 5.76 Å². The molecule has 1 amide bonds. The molecule has 0 saturated carbocycles. The quantitative estimate of drug-likeness (QED) is 0.451. The summed E-state index contributed by atoms with van der Waals surface area (Å²) in [4.78, 5) is 17.0. The van der Waals surface area contributed by atoms with E-state index in [1.165, 1.54) is 0 Å². The van der Waals surface area contributed by atoms with E-state index >= 15 is 0 Å². The van der Waals surface area contributed by atoms with E-state index in [0.717, 1.165) is 24.3 Å². The molecule has 6 nitrogen and oxygen atoms in total. The smallest absolute Gasteiger partial charge is 0.226 e. The second kappa shape index (κ2) is 11.2. The fourth-order valence-electron chi connectivity index (χ4n) is 1.96. The molecule has 0 aromatic carbocycles. The standard InChI is InChI=1S/C17H30N2O4/c1-13(2)19-22-11-10-21-9-8-17(20)18-15-6-5-7-16(12-15)23-14(3)4/h7,12-14,19H,5-6,8-11H2,1-4H3,(H,18,20). The minimum absolute atomic E-state index is 0.0386. The molecule has 0 fully saturated rings. The van der Waals surface area contributed by atoms with Gasteiger partial charge < -0.3 is 14.8 Å². The number of allylic oxidation sites excluding steroid dienone is 3. The maximum atomic E-state index is 11.9. The van der Waals surface area contributed by atoms with Crippen LogP contribution in [0.15, 0.2) is 23.6 Å². The maximum absolute atomic E-state index is 11.9. The Hall–Kier alpha value is -1.37. The molecule has 1 aliphatic carbocycles. The summed E-state index contributed by atoms with van der Waals surface area (Å²) in [6.45, 7) is 9.28. The normalized spacial score (nSPS) is 14.7. The van der Waals surface area contributed by atoms with E-state index in [9.17, 15) is 4.79 Å². The van der Waals surface area contributed by atoms with Crippen molar-refractivity contribution in [1.82, 2.24) is 10.8 Å². The number of hydrogen-bond donors (Lipinski definition) is 2. The summed E-state index contributed by atoms with van der Waals surface area (Å²) in [5.74, 6) is 0.788. The highest BCUT2D eigenvalue weighted by Crippen LogP contribution is 2.17. The highest BCUT2D eigenvalue weighted by molar-refractivity contribution is 5.78. The molecule has 0 aliphatic heterocycles. The third-order valence-corrected chi connectivity index (χ3v) is 2.87. The summed E-state index contributed by atoms with van der Waals surface area (Å²) < 4.78 is 11.0. The van der Waals surface area contributed by atoms with Gasteiger partial charge in [0.25, 0.3) is 0 Å². The molecule has 0 aromatic rings. The highest BCUT2D eigenvalue weighted by atomic mass is 16.7. The van der Waals surface area contributed by atoms with Crippen LogP contribution in [0, 0.1) is 0 Å². The number of carbonyl (C=O) groups is 1. The number of amides is 1. The van der Waals surface area contributed by atoms with Crippen molar-refractivity contribution in [3.63, 3.8) is 0 Å². The van der Waals surface area contributed by atoms with Gasteiger partial charge in [0.05, 0.1) is 32.3 Å². The first-order chi connectivity index (χ1) is 11.0. The lowest BCUT2D eigenvalue weighted by Crippen LogP contribution is -2.26. The van der Waals surface area contributed by atoms with Gasteiger partial charge in [0.15, 0.2) is 0 Å². The first-order valence-electron chi connectivity index (χ1n) is 8.29. The molecule has 0 aromatic heterocycles. The summed E-state index contributed by atoms with van der Waals surface area (Å²) in [7, 11) is 0. The SMILES string of the molecule is CC(C)NOCCOCCC(=O)NC1=CC(OC(C)C)=CCC1. The number of hydrogen-bond acceptors (Lipinski definition) is 5. The van der Waals surface area contributed by atoms with Crippen molar-refractivity contribution in [3.05, 3.63) is 23.6 Å². The minimum Gasteiger partial charge on any atom is -0.491 e. The lowest BCUT2D eigenvalue weighted by atomic mass is 10.1. The van der Waals surface area contributed by atoms with Gasteiger partial charge in [-0.15, -0.1) is 0 Å². The fourth-order valence-corrected chi connectivity index (χ4v) is 1.96. The van der Waals surface area contributed by atoms with Crippen LogP contribution in [0.2, 0.25) is 0 Å². The Morgan fingerprint density at radius 2 is 2.00 bits per heavy atom. The zero-order chi connectivity index (χ0) is 17.1. The molecular formula is C17H30N2O4. The van der Waals surface area contributed by atoms with E-state index in [1.54, 1.807) is 0 Å². The molecule has 23 heavy (non-hydrogen) atoms. The molecule has 1 aliphatic rings. The third-order valence-electron chi connectivity index (χ3n) is 2.87. The van der Waals surface area contributed by atoms with E-state index in [-0.39, 0.29) is 18.1 Å². The zero-order valence-corrected chi connectivity index (χ0v) is 14.7. The summed E-state index contributed by atoms with van der Waals surface area (Å²) in [5.41, 5.74) is 3.73. The van der Waals surface area contributed by atoms with Crippen LogP contribution in [0.3, 0.4) is 0 Å². The first kappa shape index (κ1) is 19.7. The molecule has 0 spiro atoms. The number of rotatable bonds is 11. The monoisotopic (exact) mass is 326 g/mol. The molecule has 2 N–H and O–H groups in total. The number of carbonyl (C=O) groups excluding carboxylic acids is 1. The Bertz CT molecular complexity index is 417. The number of ether oxygens (including phenoxy) is 2. The van der Waals surface area contributed by atoms with Gasteiger partial charge in [-0.25, -0.2) is 0 Å². The van der Waals surface area contributed by atoms with Crippen molar-refractivity contribution in [2.24, 2.45) is 0 Å². The zero-order valence-electron chi connectivity index (χ0n) is 14.7. The van der Waals surface area contributed by atoms with Crippen LogP contribution in [0.1, 0.15) is 47.0 Å². The average Bonchev–Trinajstić information content (AvgIpc) is 2.45. The van der Waals surface area contributed by atoms with Crippen LogP contribution in [0.5, 0.6) is 0 Å². The van der Waals surface area contributed by atoms with Crippen LogP contribution in [0.25, 0.3) is 0 Å². The van der Waals surface area contributed by atoms with Crippen LogP contribution in [-0.4, -0.2) is 37.9 Å². The van der Waals surface area contributed by atoms with E-state index in [4.69, 9.17) is 14.3 Å². The Labute approximate surface area is 139 Å². The van der Waals surface area contributed by atoms with Crippen LogP contribution >= 0.6 is 0 Å². The molecule has 0 saturated heterocycles. The second-order valence-corrected chi connectivity index (χ2v) is 6.01. The van der Waals surface area contributed by atoms with Crippen molar-refractivity contribution < 1.29 is 19.1 Å². The fraction of sp³-hybridized carbons (Fsp3) is 0.706. The highest BCUT2D eigenvalue weighted by Gasteiger charge is 2.10. The molecule has 6 heteroatoms. The molecule has 0 atom stereocenters. The van der Waals surface area contributed by atoms with Gasteiger partial charge in [0.2, 0.25) is 5.91 Å². The van der Waals surface area contributed by atoms with Crippen LogP contribution < -0.4 is 10.8 Å². The van der Waals surface area contributed by atoms with E-state index in [0.29, 0.717) is 26.2 Å². The van der Waals surface area contributed by atoms with Gasteiger partial charge in [-0.2, -0.15) is 5.48 Å².